The van der Waals surface area contributed by atoms with E-state index in [0.29, 0.717) is 48.1 Å². The zero-order valence-corrected chi connectivity index (χ0v) is 18.0. The van der Waals surface area contributed by atoms with E-state index in [1.54, 1.807) is 19.2 Å². The van der Waals surface area contributed by atoms with E-state index in [4.69, 9.17) is 5.14 Å². The maximum atomic E-state index is 14.8. The highest BCUT2D eigenvalue weighted by Crippen LogP contribution is 2.41. The Morgan fingerprint density at radius 3 is 2.28 bits per heavy atom. The topological polar surface area (TPSA) is 105 Å². The monoisotopic (exact) mass is 437 g/mol. The molecule has 2 aromatic rings. The molecule has 1 heterocycles. The van der Waals surface area contributed by atoms with E-state index >= 15 is 0 Å². The van der Waals surface area contributed by atoms with Gasteiger partial charge >= 0.3 is 6.03 Å². The van der Waals surface area contributed by atoms with Crippen LogP contribution < -0.4 is 10.5 Å². The number of thiophene rings is 1. The third kappa shape index (κ3) is 3.72. The highest BCUT2D eigenvalue weighted by atomic mass is 32.2. The van der Waals surface area contributed by atoms with Crippen LogP contribution in [0.25, 0.3) is 0 Å². The molecular weight excluding hydrogens is 413 g/mol. The quantitative estimate of drug-likeness (QED) is 0.675. The van der Waals surface area contributed by atoms with Crippen LogP contribution in [-0.2, 0) is 41.2 Å². The zero-order chi connectivity index (χ0) is 21.0. The molecule has 6 nitrogen and oxygen atoms in total. The molecular formula is C20H24FN3O3S2. The van der Waals surface area contributed by atoms with Crippen molar-refractivity contribution in [2.45, 2.75) is 62.2 Å². The Balaban J connectivity index is 1.67. The van der Waals surface area contributed by atoms with Gasteiger partial charge in [-0.05, 0) is 91.6 Å². The number of nitrogens with one attached hydrogen (secondary N) is 1. The number of urea groups is 1. The number of aliphatic hydroxyl groups is 1. The highest BCUT2D eigenvalue weighted by molar-refractivity contribution is 7.93. The van der Waals surface area contributed by atoms with Crippen molar-refractivity contribution in [2.75, 3.05) is 5.32 Å². The van der Waals surface area contributed by atoms with Crippen LogP contribution in [0.15, 0.2) is 20.0 Å². The van der Waals surface area contributed by atoms with E-state index < -0.39 is 21.5 Å². The average molecular weight is 438 g/mol. The normalized spacial score (nSPS) is 17.6. The molecule has 9 heteroatoms. The first-order valence-corrected chi connectivity index (χ1v) is 12.1. The SMILES string of the molecule is CC(C)(O)c1csc([S@](N)(=O)=NC(=O)Nc2c3c(c(F)c4c2CCC4)CCC3)c1. The predicted octanol–water partition coefficient (Wildman–Crippen LogP) is 4.02. The molecule has 0 bridgehead atoms. The third-order valence-corrected chi connectivity index (χ3v) is 8.45. The van der Waals surface area contributed by atoms with Crippen molar-refractivity contribution in [2.24, 2.45) is 9.50 Å². The van der Waals surface area contributed by atoms with Crippen LogP contribution in [0.1, 0.15) is 54.5 Å². The summed E-state index contributed by atoms with van der Waals surface area (Å²) in [6.07, 6.45) is 4.42. The molecule has 2 amide bonds. The Morgan fingerprint density at radius 1 is 1.21 bits per heavy atom. The Morgan fingerprint density at radius 2 is 1.76 bits per heavy atom. The number of halogens is 1. The molecule has 4 rings (SSSR count). The van der Waals surface area contributed by atoms with Gasteiger partial charge in [0.25, 0.3) is 0 Å². The van der Waals surface area contributed by atoms with Crippen LogP contribution in [0.3, 0.4) is 0 Å². The minimum Gasteiger partial charge on any atom is -0.386 e. The maximum absolute atomic E-state index is 14.8. The number of nitrogens with zero attached hydrogens (tertiary/aromatic N) is 1. The summed E-state index contributed by atoms with van der Waals surface area (Å²) in [5.74, 6) is -0.125. The van der Waals surface area contributed by atoms with Gasteiger partial charge in [-0.15, -0.1) is 15.7 Å². The molecule has 1 atom stereocenters. The molecule has 0 aliphatic heterocycles. The van der Waals surface area contributed by atoms with Crippen molar-refractivity contribution < 1.29 is 18.5 Å². The Labute approximate surface area is 173 Å². The van der Waals surface area contributed by atoms with Crippen LogP contribution in [-0.4, -0.2) is 15.3 Å². The molecule has 0 spiro atoms. The first-order valence-electron chi connectivity index (χ1n) is 9.60. The molecule has 29 heavy (non-hydrogen) atoms. The van der Waals surface area contributed by atoms with E-state index in [9.17, 15) is 18.5 Å². The molecule has 4 N–H and O–H groups in total. The fraction of sp³-hybridized carbons (Fsp3) is 0.450. The largest absolute Gasteiger partial charge is 0.386 e. The van der Waals surface area contributed by atoms with Gasteiger partial charge in [0.1, 0.15) is 10.0 Å². The van der Waals surface area contributed by atoms with Gasteiger partial charge in [-0.3, -0.25) is 0 Å². The molecule has 156 valence electrons. The summed E-state index contributed by atoms with van der Waals surface area (Å²) in [6, 6.07) is 0.711. The van der Waals surface area contributed by atoms with Crippen molar-refractivity contribution >= 4 is 33.0 Å². The van der Waals surface area contributed by atoms with Crippen LogP contribution in [0.2, 0.25) is 0 Å². The lowest BCUT2D eigenvalue weighted by Crippen LogP contribution is -2.19. The fourth-order valence-electron chi connectivity index (χ4n) is 4.13. The average Bonchev–Trinajstić information content (AvgIpc) is 3.37. The molecule has 0 fully saturated rings. The smallest absolute Gasteiger partial charge is 0.354 e. The van der Waals surface area contributed by atoms with Gasteiger partial charge in [0.05, 0.1) is 5.60 Å². The van der Waals surface area contributed by atoms with E-state index in [1.807, 2.05) is 0 Å². The second kappa shape index (κ2) is 7.16. The summed E-state index contributed by atoms with van der Waals surface area (Å²) >= 11 is 1.09. The molecule has 0 unspecified atom stereocenters. The molecule has 1 aromatic heterocycles. The number of hydrogen-bond acceptors (Lipinski definition) is 4. The number of anilines is 1. The lowest BCUT2D eigenvalue weighted by molar-refractivity contribution is 0.0789. The molecule has 2 aliphatic rings. The maximum Gasteiger partial charge on any atom is 0.354 e. The highest BCUT2D eigenvalue weighted by Gasteiger charge is 2.30. The van der Waals surface area contributed by atoms with Crippen LogP contribution in [0.4, 0.5) is 14.9 Å². The molecule has 0 saturated heterocycles. The van der Waals surface area contributed by atoms with E-state index in [0.717, 1.165) is 35.3 Å². The Hall–Kier alpha value is -1.81. The van der Waals surface area contributed by atoms with Gasteiger partial charge < -0.3 is 10.4 Å². The molecule has 0 radical (unpaired) electrons. The molecule has 2 aliphatic carbocycles. The third-order valence-electron chi connectivity index (χ3n) is 5.59. The Bertz CT molecular complexity index is 1090. The van der Waals surface area contributed by atoms with Crippen LogP contribution in [0.5, 0.6) is 0 Å². The summed E-state index contributed by atoms with van der Waals surface area (Å²) < 4.78 is 31.6. The number of carbonyl (C=O) groups is 1. The zero-order valence-electron chi connectivity index (χ0n) is 16.4. The summed E-state index contributed by atoms with van der Waals surface area (Å²) in [6.45, 7) is 3.22. The first-order chi connectivity index (χ1) is 13.6. The summed E-state index contributed by atoms with van der Waals surface area (Å²) in [4.78, 5) is 12.6. The van der Waals surface area contributed by atoms with Crippen molar-refractivity contribution in [3.63, 3.8) is 0 Å². The minimum atomic E-state index is -3.46. The second-order valence-electron chi connectivity index (χ2n) is 8.11. The van der Waals surface area contributed by atoms with Crippen LogP contribution in [0, 0.1) is 5.82 Å². The lowest BCUT2D eigenvalue weighted by atomic mass is 9.98. The second-order valence-corrected chi connectivity index (χ2v) is 11.0. The summed E-state index contributed by atoms with van der Waals surface area (Å²) in [5, 5.41) is 20.4. The van der Waals surface area contributed by atoms with Crippen LogP contribution >= 0.6 is 11.3 Å². The van der Waals surface area contributed by atoms with Crippen molar-refractivity contribution in [3.05, 3.63) is 45.1 Å². The summed E-state index contributed by atoms with van der Waals surface area (Å²) in [5.41, 5.74) is 3.09. The van der Waals surface area contributed by atoms with E-state index in [-0.39, 0.29) is 10.0 Å². The van der Waals surface area contributed by atoms with Gasteiger partial charge in [0.15, 0.2) is 9.92 Å². The Kier molecular flexibility index (Phi) is 5.05. The number of amides is 2. The van der Waals surface area contributed by atoms with Crippen molar-refractivity contribution in [3.8, 4) is 0 Å². The van der Waals surface area contributed by atoms with Crippen molar-refractivity contribution in [1.82, 2.24) is 0 Å². The van der Waals surface area contributed by atoms with Gasteiger partial charge in [0.2, 0.25) is 0 Å². The van der Waals surface area contributed by atoms with Gasteiger partial charge in [0, 0.05) is 5.69 Å². The van der Waals surface area contributed by atoms with Gasteiger partial charge in [-0.25, -0.2) is 18.5 Å². The summed E-state index contributed by atoms with van der Waals surface area (Å²) in [7, 11) is -3.46. The van der Waals surface area contributed by atoms with E-state index in [1.165, 1.54) is 6.07 Å². The lowest BCUT2D eigenvalue weighted by Gasteiger charge is -2.16. The van der Waals surface area contributed by atoms with Crippen molar-refractivity contribution in [1.29, 1.82) is 0 Å². The fourth-order valence-corrected chi connectivity index (χ4v) is 6.41. The molecule has 0 saturated carbocycles. The van der Waals surface area contributed by atoms with E-state index in [2.05, 4.69) is 9.68 Å². The minimum absolute atomic E-state index is 0.125. The first kappa shape index (κ1) is 20.5. The number of rotatable bonds is 3. The number of fused-ring (bicyclic) bond motifs is 2. The number of carbonyl (C=O) groups excluding carboxylic acids is 1. The van der Waals surface area contributed by atoms with Gasteiger partial charge in [-0.1, -0.05) is 0 Å². The predicted molar refractivity (Wildman–Crippen MR) is 112 cm³/mol. The van der Waals surface area contributed by atoms with Gasteiger partial charge in [-0.2, -0.15) is 0 Å². The molecule has 1 aromatic carbocycles. The number of hydrogen-bond donors (Lipinski definition) is 3. The number of nitrogens with two attached hydrogens (primary N) is 1. The number of benzene rings is 1. The standard InChI is InChI=1S/C20H24FN3O3S2/c1-20(2,26)11-9-16(28-10-11)29(22,27)24-19(25)23-18-14-7-3-5-12(14)17(21)13-6-4-8-15(13)18/h9-10,26H,3-8H2,1-2H3,(H3,22,23,24,25,27)/t29-/m1/s1.